The number of rotatable bonds is 4. The van der Waals surface area contributed by atoms with Gasteiger partial charge in [0.15, 0.2) is 11.5 Å². The Morgan fingerprint density at radius 3 is 2.59 bits per heavy atom. The van der Waals surface area contributed by atoms with Crippen molar-refractivity contribution in [1.29, 1.82) is 0 Å². The van der Waals surface area contributed by atoms with Crippen LogP contribution in [0.25, 0.3) is 0 Å². The third-order valence-corrected chi connectivity index (χ3v) is 4.95. The average Bonchev–Trinajstić information content (AvgIpc) is 2.74. The summed E-state index contributed by atoms with van der Waals surface area (Å²) in [7, 11) is 1.29. The van der Waals surface area contributed by atoms with Gasteiger partial charge in [-0.15, -0.1) is 11.8 Å². The molecule has 0 radical (unpaired) electrons. The van der Waals surface area contributed by atoms with E-state index in [2.05, 4.69) is 5.32 Å². The minimum absolute atomic E-state index is 0.0248. The first kappa shape index (κ1) is 16.4. The van der Waals surface area contributed by atoms with Crippen LogP contribution in [0.3, 0.4) is 0 Å². The molecule has 2 rings (SSSR count). The topological polar surface area (TPSA) is 122 Å². The summed E-state index contributed by atoms with van der Waals surface area (Å²) in [6, 6.07) is 1.51. The Kier molecular flexibility index (Phi) is 4.21. The summed E-state index contributed by atoms with van der Waals surface area (Å²) >= 11 is 1.28. The number of hydrogen-bond acceptors (Lipinski definition) is 7. The number of nitro groups is 1. The maximum Gasteiger partial charge on any atom is 0.322 e. The van der Waals surface area contributed by atoms with Crippen molar-refractivity contribution in [2.24, 2.45) is 0 Å². The van der Waals surface area contributed by atoms with Gasteiger partial charge in [-0.25, -0.2) is 0 Å². The summed E-state index contributed by atoms with van der Waals surface area (Å²) in [4.78, 5) is 21.7. The summed E-state index contributed by atoms with van der Waals surface area (Å²) in [6.07, 6.45) is 0. The second-order valence-corrected chi connectivity index (χ2v) is 7.14. The van der Waals surface area contributed by atoms with Gasteiger partial charge in [-0.1, -0.05) is 0 Å². The van der Waals surface area contributed by atoms with E-state index in [1.54, 1.807) is 13.8 Å². The van der Waals surface area contributed by atoms with Crippen LogP contribution in [0, 0.1) is 10.1 Å². The number of nitrogens with zero attached hydrogens (tertiary/aromatic N) is 1. The third-order valence-electron chi connectivity index (χ3n) is 3.48. The lowest BCUT2D eigenvalue weighted by atomic mass is 10.0. The lowest BCUT2D eigenvalue weighted by Gasteiger charge is -2.20. The Labute approximate surface area is 130 Å². The molecular formula is C13H16N2O6S. The van der Waals surface area contributed by atoms with Gasteiger partial charge in [0, 0.05) is 16.4 Å². The molecule has 2 atom stereocenters. The van der Waals surface area contributed by atoms with E-state index >= 15 is 0 Å². The zero-order valence-electron chi connectivity index (χ0n) is 12.2. The second-order valence-electron chi connectivity index (χ2n) is 5.38. The van der Waals surface area contributed by atoms with Crippen LogP contribution in [0.2, 0.25) is 0 Å². The van der Waals surface area contributed by atoms with Gasteiger partial charge < -0.3 is 14.9 Å². The third kappa shape index (κ3) is 2.81. The maximum absolute atomic E-state index is 11.3. The van der Waals surface area contributed by atoms with Gasteiger partial charge in [-0.2, -0.15) is 0 Å². The first-order valence-electron chi connectivity index (χ1n) is 6.39. The summed E-state index contributed by atoms with van der Waals surface area (Å²) in [5.41, 5.74) is -0.00324. The van der Waals surface area contributed by atoms with Crippen molar-refractivity contribution >= 4 is 23.4 Å². The smallest absolute Gasteiger partial charge is 0.322 e. The fourth-order valence-electron chi connectivity index (χ4n) is 2.35. The number of nitrogens with one attached hydrogen (secondary N) is 1. The van der Waals surface area contributed by atoms with Gasteiger partial charge in [0.25, 0.3) is 5.69 Å². The molecule has 1 aromatic carbocycles. The summed E-state index contributed by atoms with van der Waals surface area (Å²) < 4.78 is 4.32. The van der Waals surface area contributed by atoms with Crippen LogP contribution < -0.4 is 10.1 Å². The Morgan fingerprint density at radius 1 is 1.50 bits per heavy atom. The molecule has 0 spiro atoms. The van der Waals surface area contributed by atoms with Crippen molar-refractivity contribution in [2.75, 3.05) is 7.11 Å². The van der Waals surface area contributed by atoms with Crippen molar-refractivity contribution < 1.29 is 24.7 Å². The lowest BCUT2D eigenvalue weighted by Crippen LogP contribution is -2.43. The standard InChI is InChI=1S/C13H16N2O6S/c1-13(2)10(12(17)18)14-11(22-13)7-4-6(15(19)20)5-8(21-3)9(7)16/h4-5,10-11,14,16H,1-3H3,(H,17,18). The minimum Gasteiger partial charge on any atom is -0.504 e. The lowest BCUT2D eigenvalue weighted by molar-refractivity contribution is -0.385. The molecule has 1 aromatic rings. The monoisotopic (exact) mass is 328 g/mol. The highest BCUT2D eigenvalue weighted by Gasteiger charge is 2.46. The summed E-state index contributed by atoms with van der Waals surface area (Å²) in [5.74, 6) is -1.28. The molecule has 8 nitrogen and oxygen atoms in total. The molecule has 2 unspecified atom stereocenters. The van der Waals surface area contributed by atoms with Gasteiger partial charge in [-0.3, -0.25) is 20.2 Å². The highest BCUT2D eigenvalue weighted by Crippen LogP contribution is 2.50. The normalized spacial score (nSPS) is 23.2. The molecule has 0 aliphatic carbocycles. The molecule has 1 heterocycles. The van der Waals surface area contributed by atoms with Crippen LogP contribution in [0.4, 0.5) is 5.69 Å². The van der Waals surface area contributed by atoms with E-state index in [0.29, 0.717) is 0 Å². The molecule has 0 amide bonds. The van der Waals surface area contributed by atoms with Crippen molar-refractivity contribution in [3.8, 4) is 11.5 Å². The number of phenols is 1. The molecule has 3 N–H and O–H groups in total. The number of carboxylic acid groups (broad SMARTS) is 1. The van der Waals surface area contributed by atoms with Gasteiger partial charge in [0.05, 0.1) is 23.5 Å². The second kappa shape index (κ2) is 5.65. The first-order valence-corrected chi connectivity index (χ1v) is 7.27. The zero-order chi connectivity index (χ0) is 16.7. The Morgan fingerprint density at radius 2 is 2.14 bits per heavy atom. The Bertz CT molecular complexity index is 633. The quantitative estimate of drug-likeness (QED) is 0.565. The number of nitro benzene ring substituents is 1. The minimum atomic E-state index is -1.02. The highest BCUT2D eigenvalue weighted by molar-refractivity contribution is 8.01. The van der Waals surface area contributed by atoms with Crippen LogP contribution in [0.15, 0.2) is 12.1 Å². The first-order chi connectivity index (χ1) is 10.2. The highest BCUT2D eigenvalue weighted by atomic mass is 32.2. The molecule has 0 aromatic heterocycles. The number of carbonyl (C=O) groups is 1. The van der Waals surface area contributed by atoms with Gasteiger partial charge in [0.1, 0.15) is 6.04 Å². The Balaban J connectivity index is 2.47. The fourth-order valence-corrected chi connectivity index (χ4v) is 3.78. The number of benzene rings is 1. The van der Waals surface area contributed by atoms with E-state index in [0.717, 1.165) is 6.07 Å². The average molecular weight is 328 g/mol. The number of non-ortho nitro benzene ring substituents is 1. The van der Waals surface area contributed by atoms with E-state index in [4.69, 9.17) is 4.74 Å². The van der Waals surface area contributed by atoms with Crippen LogP contribution in [-0.2, 0) is 4.79 Å². The largest absolute Gasteiger partial charge is 0.504 e. The predicted octanol–water partition coefficient (Wildman–Crippen LogP) is 1.88. The van der Waals surface area contributed by atoms with Crippen molar-refractivity contribution in [3.63, 3.8) is 0 Å². The molecule has 120 valence electrons. The van der Waals surface area contributed by atoms with E-state index < -0.39 is 27.1 Å². The predicted molar refractivity (Wildman–Crippen MR) is 80.3 cm³/mol. The van der Waals surface area contributed by atoms with Crippen LogP contribution in [-0.4, -0.2) is 39.0 Å². The van der Waals surface area contributed by atoms with Gasteiger partial charge >= 0.3 is 5.97 Å². The Hall–Kier alpha value is -2.00. The van der Waals surface area contributed by atoms with E-state index in [9.17, 15) is 25.1 Å². The molecule has 1 aliphatic heterocycles. The number of phenolic OH excluding ortho intramolecular Hbond substituents is 1. The molecule has 9 heteroatoms. The number of ether oxygens (including phenoxy) is 1. The SMILES string of the molecule is COc1cc([N+](=O)[O-])cc(C2NC(C(=O)O)C(C)(C)S2)c1O. The van der Waals surface area contributed by atoms with Crippen molar-refractivity contribution in [1.82, 2.24) is 5.32 Å². The molecule has 1 fully saturated rings. The van der Waals surface area contributed by atoms with Crippen molar-refractivity contribution in [2.45, 2.75) is 30.0 Å². The number of hydrogen-bond donors (Lipinski definition) is 3. The van der Waals surface area contributed by atoms with Crippen LogP contribution >= 0.6 is 11.8 Å². The van der Waals surface area contributed by atoms with E-state index in [1.165, 1.54) is 24.9 Å². The summed E-state index contributed by atoms with van der Waals surface area (Å²) in [5, 5.41) is 32.7. The van der Waals surface area contributed by atoms with Gasteiger partial charge in [0.2, 0.25) is 0 Å². The van der Waals surface area contributed by atoms with Crippen LogP contribution in [0.1, 0.15) is 24.8 Å². The van der Waals surface area contributed by atoms with E-state index in [-0.39, 0.29) is 22.7 Å². The molecule has 22 heavy (non-hydrogen) atoms. The number of methoxy groups -OCH3 is 1. The summed E-state index contributed by atoms with van der Waals surface area (Å²) in [6.45, 7) is 3.52. The van der Waals surface area contributed by atoms with E-state index in [1.807, 2.05) is 0 Å². The zero-order valence-corrected chi connectivity index (χ0v) is 13.0. The number of aromatic hydroxyl groups is 1. The van der Waals surface area contributed by atoms with Crippen molar-refractivity contribution in [3.05, 3.63) is 27.8 Å². The molecular weight excluding hydrogens is 312 g/mol. The number of thioether (sulfide) groups is 1. The number of aliphatic carboxylic acids is 1. The molecule has 0 saturated carbocycles. The van der Waals surface area contributed by atoms with Gasteiger partial charge in [-0.05, 0) is 13.8 Å². The number of carboxylic acids is 1. The molecule has 1 saturated heterocycles. The van der Waals surface area contributed by atoms with Crippen LogP contribution in [0.5, 0.6) is 11.5 Å². The molecule has 0 bridgehead atoms. The maximum atomic E-state index is 11.3. The molecule has 1 aliphatic rings. The fraction of sp³-hybridized carbons (Fsp3) is 0.462.